The average molecular weight is 235 g/mol. The normalized spacial score (nSPS) is 16.8. The van der Waals surface area contributed by atoms with E-state index in [1.165, 1.54) is 24.1 Å². The highest BCUT2D eigenvalue weighted by Gasteiger charge is 2.30. The van der Waals surface area contributed by atoms with Crippen LogP contribution in [0.25, 0.3) is 0 Å². The van der Waals surface area contributed by atoms with Crippen LogP contribution in [-0.2, 0) is 6.54 Å². The number of nitrogens with zero attached hydrogens (tertiary/aromatic N) is 2. The van der Waals surface area contributed by atoms with Crippen LogP contribution >= 0.6 is 0 Å². The summed E-state index contributed by atoms with van der Waals surface area (Å²) < 4.78 is 2.21. The Balaban J connectivity index is 2.16. The van der Waals surface area contributed by atoms with Crippen molar-refractivity contribution in [2.45, 2.75) is 71.5 Å². The van der Waals surface area contributed by atoms with Gasteiger partial charge in [0.1, 0.15) is 0 Å². The number of rotatable bonds is 4. The highest BCUT2D eigenvalue weighted by Crippen LogP contribution is 2.42. The molecule has 3 nitrogen and oxygen atoms in total. The SMILES string of the molecule is CC(C)n1ncc(CNC(C)(C)C)c1C1CC1. The average Bonchev–Trinajstić information content (AvgIpc) is 2.93. The zero-order chi connectivity index (χ0) is 12.6. The maximum atomic E-state index is 4.55. The van der Waals surface area contributed by atoms with Gasteiger partial charge in [0.25, 0.3) is 0 Å². The Hall–Kier alpha value is -0.830. The smallest absolute Gasteiger partial charge is 0.0537 e. The first-order valence-corrected chi connectivity index (χ1v) is 6.70. The van der Waals surface area contributed by atoms with Crippen molar-refractivity contribution in [2.75, 3.05) is 0 Å². The standard InChI is InChI=1S/C14H25N3/c1-10(2)17-13(11-6-7-11)12(9-16-17)8-15-14(3,4)5/h9-11,15H,6-8H2,1-5H3. The van der Waals surface area contributed by atoms with E-state index in [2.05, 4.69) is 49.7 Å². The molecule has 1 saturated carbocycles. The second-order valence-electron chi connectivity index (χ2n) is 6.47. The molecule has 3 heteroatoms. The van der Waals surface area contributed by atoms with Gasteiger partial charge in [0.2, 0.25) is 0 Å². The monoisotopic (exact) mass is 235 g/mol. The van der Waals surface area contributed by atoms with E-state index in [0.717, 1.165) is 12.5 Å². The molecule has 1 aromatic rings. The first-order chi connectivity index (χ1) is 7.88. The molecule has 1 aliphatic carbocycles. The van der Waals surface area contributed by atoms with Gasteiger partial charge in [-0.25, -0.2) is 0 Å². The Kier molecular flexibility index (Phi) is 3.30. The fourth-order valence-corrected chi connectivity index (χ4v) is 2.12. The molecule has 1 N–H and O–H groups in total. The summed E-state index contributed by atoms with van der Waals surface area (Å²) in [5.74, 6) is 0.761. The lowest BCUT2D eigenvalue weighted by molar-refractivity contribution is 0.422. The molecule has 1 heterocycles. The fourth-order valence-electron chi connectivity index (χ4n) is 2.12. The predicted molar refractivity (Wildman–Crippen MR) is 71.2 cm³/mol. The Morgan fingerprint density at radius 1 is 1.41 bits per heavy atom. The van der Waals surface area contributed by atoms with Crippen LogP contribution in [0, 0.1) is 0 Å². The lowest BCUT2D eigenvalue weighted by Gasteiger charge is -2.21. The first kappa shape index (κ1) is 12.6. The molecule has 1 aliphatic rings. The molecular formula is C14H25N3. The minimum absolute atomic E-state index is 0.167. The molecule has 0 saturated heterocycles. The molecule has 0 atom stereocenters. The van der Waals surface area contributed by atoms with Crippen molar-refractivity contribution in [2.24, 2.45) is 0 Å². The lowest BCUT2D eigenvalue weighted by Crippen LogP contribution is -2.35. The van der Waals surface area contributed by atoms with E-state index in [1.54, 1.807) is 0 Å². The third-order valence-electron chi connectivity index (χ3n) is 3.18. The van der Waals surface area contributed by atoms with Crippen LogP contribution in [0.5, 0.6) is 0 Å². The van der Waals surface area contributed by atoms with Gasteiger partial charge in [0.15, 0.2) is 0 Å². The van der Waals surface area contributed by atoms with Crippen molar-refractivity contribution < 1.29 is 0 Å². The summed E-state index contributed by atoms with van der Waals surface area (Å²) >= 11 is 0. The zero-order valence-electron chi connectivity index (χ0n) is 11.7. The molecule has 0 bridgehead atoms. The molecule has 1 fully saturated rings. The van der Waals surface area contributed by atoms with Crippen molar-refractivity contribution in [1.82, 2.24) is 15.1 Å². The maximum absolute atomic E-state index is 4.55. The Morgan fingerprint density at radius 3 is 2.53 bits per heavy atom. The van der Waals surface area contributed by atoms with Gasteiger partial charge in [-0.2, -0.15) is 5.10 Å². The van der Waals surface area contributed by atoms with E-state index in [9.17, 15) is 0 Å². The van der Waals surface area contributed by atoms with Gasteiger partial charge in [-0.15, -0.1) is 0 Å². The van der Waals surface area contributed by atoms with E-state index in [-0.39, 0.29) is 5.54 Å². The summed E-state index contributed by atoms with van der Waals surface area (Å²) in [6.45, 7) is 12.0. The molecule has 1 aromatic heterocycles. The van der Waals surface area contributed by atoms with Crippen molar-refractivity contribution in [3.63, 3.8) is 0 Å². The minimum atomic E-state index is 0.167. The van der Waals surface area contributed by atoms with Crippen LogP contribution in [0.3, 0.4) is 0 Å². The van der Waals surface area contributed by atoms with Crippen LogP contribution in [0.2, 0.25) is 0 Å². The lowest BCUT2D eigenvalue weighted by atomic mass is 10.1. The number of nitrogens with one attached hydrogen (secondary N) is 1. The molecule has 0 unspecified atom stereocenters. The molecule has 0 spiro atoms. The van der Waals surface area contributed by atoms with Crippen LogP contribution in [0.4, 0.5) is 0 Å². The van der Waals surface area contributed by atoms with Crippen molar-refractivity contribution in [1.29, 1.82) is 0 Å². The highest BCUT2D eigenvalue weighted by molar-refractivity contribution is 5.26. The molecule has 2 rings (SSSR count). The van der Waals surface area contributed by atoms with Gasteiger partial charge in [-0.05, 0) is 47.5 Å². The van der Waals surface area contributed by atoms with E-state index in [0.29, 0.717) is 6.04 Å². The fraction of sp³-hybridized carbons (Fsp3) is 0.786. The quantitative estimate of drug-likeness (QED) is 0.868. The van der Waals surface area contributed by atoms with Crippen molar-refractivity contribution >= 4 is 0 Å². The van der Waals surface area contributed by atoms with Gasteiger partial charge >= 0.3 is 0 Å². The molecule has 0 amide bonds. The molecule has 0 aliphatic heterocycles. The van der Waals surface area contributed by atoms with Gasteiger partial charge in [0.05, 0.1) is 6.20 Å². The molecule has 0 radical (unpaired) electrons. The van der Waals surface area contributed by atoms with Crippen LogP contribution in [0.15, 0.2) is 6.20 Å². The van der Waals surface area contributed by atoms with Crippen molar-refractivity contribution in [3.05, 3.63) is 17.5 Å². The second kappa shape index (κ2) is 4.45. The Bertz CT molecular complexity index is 381. The first-order valence-electron chi connectivity index (χ1n) is 6.70. The van der Waals surface area contributed by atoms with E-state index < -0.39 is 0 Å². The summed E-state index contributed by atoms with van der Waals surface area (Å²) in [4.78, 5) is 0. The maximum Gasteiger partial charge on any atom is 0.0537 e. The van der Waals surface area contributed by atoms with Gasteiger partial charge < -0.3 is 5.32 Å². The number of hydrogen-bond donors (Lipinski definition) is 1. The summed E-state index contributed by atoms with van der Waals surface area (Å²) in [6.07, 6.45) is 4.72. The van der Waals surface area contributed by atoms with Crippen LogP contribution < -0.4 is 5.32 Å². The third-order valence-corrected chi connectivity index (χ3v) is 3.18. The van der Waals surface area contributed by atoms with Gasteiger partial charge in [-0.3, -0.25) is 4.68 Å². The summed E-state index contributed by atoms with van der Waals surface area (Å²) in [6, 6.07) is 0.467. The Morgan fingerprint density at radius 2 is 2.06 bits per heavy atom. The van der Waals surface area contributed by atoms with E-state index in [1.807, 2.05) is 6.20 Å². The number of aromatic nitrogens is 2. The van der Waals surface area contributed by atoms with Crippen LogP contribution in [-0.4, -0.2) is 15.3 Å². The van der Waals surface area contributed by atoms with E-state index >= 15 is 0 Å². The van der Waals surface area contributed by atoms with Gasteiger partial charge in [-0.1, -0.05) is 0 Å². The second-order valence-corrected chi connectivity index (χ2v) is 6.47. The summed E-state index contributed by atoms with van der Waals surface area (Å²) in [7, 11) is 0. The third kappa shape index (κ3) is 3.09. The topological polar surface area (TPSA) is 29.9 Å². The molecule has 96 valence electrons. The summed E-state index contributed by atoms with van der Waals surface area (Å²) in [5.41, 5.74) is 3.02. The Labute approximate surface area is 105 Å². The minimum Gasteiger partial charge on any atom is -0.308 e. The largest absolute Gasteiger partial charge is 0.308 e. The van der Waals surface area contributed by atoms with Crippen molar-refractivity contribution in [3.8, 4) is 0 Å². The zero-order valence-corrected chi connectivity index (χ0v) is 11.7. The highest BCUT2D eigenvalue weighted by atomic mass is 15.3. The number of hydrogen-bond acceptors (Lipinski definition) is 2. The summed E-state index contributed by atoms with van der Waals surface area (Å²) in [5, 5.41) is 8.11. The van der Waals surface area contributed by atoms with Crippen LogP contribution in [0.1, 0.15) is 70.7 Å². The predicted octanol–water partition coefficient (Wildman–Crippen LogP) is 3.23. The van der Waals surface area contributed by atoms with E-state index in [4.69, 9.17) is 0 Å². The molecule has 17 heavy (non-hydrogen) atoms. The molecular weight excluding hydrogens is 210 g/mol. The molecule has 0 aromatic carbocycles. The van der Waals surface area contributed by atoms with Gasteiger partial charge in [0, 0.05) is 35.3 Å².